The topological polar surface area (TPSA) is 118 Å². The zero-order valence-corrected chi connectivity index (χ0v) is 18.0. The van der Waals surface area contributed by atoms with E-state index in [1.54, 1.807) is 27.8 Å². The monoisotopic (exact) mass is 417 g/mol. The number of nitrogens with zero attached hydrogens (tertiary/aromatic N) is 5. The van der Waals surface area contributed by atoms with Gasteiger partial charge in [-0.2, -0.15) is 4.80 Å². The van der Waals surface area contributed by atoms with Gasteiger partial charge in [0.05, 0.1) is 22.8 Å². The van der Waals surface area contributed by atoms with Crippen molar-refractivity contribution in [1.29, 1.82) is 0 Å². The summed E-state index contributed by atoms with van der Waals surface area (Å²) in [5, 5.41) is 12.2. The maximum atomic E-state index is 12.4. The number of sulfonamides is 1. The van der Waals surface area contributed by atoms with Crippen LogP contribution in [0.5, 0.6) is 0 Å². The molecule has 29 heavy (non-hydrogen) atoms. The van der Waals surface area contributed by atoms with Crippen LogP contribution in [0.4, 0.5) is 0 Å². The van der Waals surface area contributed by atoms with Crippen molar-refractivity contribution in [2.24, 2.45) is 7.05 Å². The first-order chi connectivity index (χ1) is 13.6. The van der Waals surface area contributed by atoms with E-state index in [0.29, 0.717) is 11.7 Å². The van der Waals surface area contributed by atoms with Crippen LogP contribution in [0.1, 0.15) is 58.2 Å². The highest BCUT2D eigenvalue weighted by atomic mass is 32.2. The van der Waals surface area contributed by atoms with E-state index in [1.807, 2.05) is 18.2 Å². The number of rotatable bonds is 4. The zero-order valence-electron chi connectivity index (χ0n) is 17.2. The van der Waals surface area contributed by atoms with E-state index in [2.05, 4.69) is 25.1 Å². The summed E-state index contributed by atoms with van der Waals surface area (Å²) >= 11 is 0. The van der Waals surface area contributed by atoms with Crippen molar-refractivity contribution < 1.29 is 8.42 Å². The third-order valence-electron chi connectivity index (χ3n) is 5.51. The second kappa shape index (κ2) is 7.17. The fourth-order valence-corrected chi connectivity index (χ4v) is 4.67. The first kappa shape index (κ1) is 20.0. The number of aryl methyl sites for hydroxylation is 1. The molecule has 0 bridgehead atoms. The fourth-order valence-electron chi connectivity index (χ4n) is 3.64. The summed E-state index contributed by atoms with van der Waals surface area (Å²) in [5.74, 6) is 1.84. The number of aromatic amines is 1. The highest BCUT2D eigenvalue weighted by Gasteiger charge is 2.33. The lowest BCUT2D eigenvalue weighted by atomic mass is 9.86. The Hall–Kier alpha value is -2.33. The lowest BCUT2D eigenvalue weighted by molar-refractivity contribution is 0.364. The lowest BCUT2D eigenvalue weighted by Crippen LogP contribution is -2.45. The van der Waals surface area contributed by atoms with Crippen molar-refractivity contribution in [2.45, 2.75) is 63.2 Å². The molecule has 2 aromatic heterocycles. The number of aromatic nitrogens is 6. The number of nitrogens with one attached hydrogen (secondary N) is 2. The van der Waals surface area contributed by atoms with Crippen molar-refractivity contribution in [2.75, 3.05) is 0 Å². The molecule has 1 aromatic carbocycles. The molecule has 1 saturated carbocycles. The van der Waals surface area contributed by atoms with E-state index in [0.717, 1.165) is 48.1 Å². The van der Waals surface area contributed by atoms with Crippen LogP contribution >= 0.6 is 0 Å². The molecule has 1 fully saturated rings. The average Bonchev–Trinajstić information content (AvgIpc) is 3.26. The molecule has 2 N–H and O–H groups in total. The van der Waals surface area contributed by atoms with Gasteiger partial charge in [-0.25, -0.2) is 18.1 Å². The Morgan fingerprint density at radius 3 is 2.52 bits per heavy atom. The summed E-state index contributed by atoms with van der Waals surface area (Å²) in [6.07, 6.45) is 3.42. The van der Waals surface area contributed by atoms with E-state index in [9.17, 15) is 8.42 Å². The quantitative estimate of drug-likeness (QED) is 0.673. The number of imidazole rings is 1. The number of benzene rings is 1. The van der Waals surface area contributed by atoms with Gasteiger partial charge in [0, 0.05) is 17.5 Å². The predicted octanol–water partition coefficient (Wildman–Crippen LogP) is 2.50. The highest BCUT2D eigenvalue weighted by molar-refractivity contribution is 7.90. The van der Waals surface area contributed by atoms with Crippen LogP contribution in [0.25, 0.3) is 22.4 Å². The standard InChI is InChI=1S/C19H27N7O2S/c1-19(2,3)29(27,28)24-14-8-5-12(6-9-14)17-20-15-10-7-13(11-16(15)21-17)18-22-25-26(4)23-18/h7,10-12,14,24H,5-6,8-9H2,1-4H3,(H,20,21). The van der Waals surface area contributed by atoms with Gasteiger partial charge in [0.2, 0.25) is 15.8 Å². The smallest absolute Gasteiger partial charge is 0.216 e. The van der Waals surface area contributed by atoms with Gasteiger partial charge in [-0.1, -0.05) is 0 Å². The Morgan fingerprint density at radius 2 is 1.90 bits per heavy atom. The normalized spacial score (nSPS) is 21.0. The van der Waals surface area contributed by atoms with Crippen LogP contribution in [-0.4, -0.2) is 49.4 Å². The van der Waals surface area contributed by atoms with Crippen molar-refractivity contribution in [3.8, 4) is 11.4 Å². The molecule has 1 aliphatic rings. The Kier molecular flexibility index (Phi) is 4.94. The molecule has 0 aliphatic heterocycles. The first-order valence-corrected chi connectivity index (χ1v) is 11.4. The molecule has 9 nitrogen and oxygen atoms in total. The van der Waals surface area contributed by atoms with Gasteiger partial charge in [0.15, 0.2) is 0 Å². The number of hydrogen-bond donors (Lipinski definition) is 2. The van der Waals surface area contributed by atoms with Gasteiger partial charge in [0.25, 0.3) is 0 Å². The molecule has 10 heteroatoms. The van der Waals surface area contributed by atoms with Crippen LogP contribution in [0, 0.1) is 0 Å². The Bertz CT molecular complexity index is 1120. The summed E-state index contributed by atoms with van der Waals surface area (Å²) in [7, 11) is -1.59. The molecule has 156 valence electrons. The van der Waals surface area contributed by atoms with Crippen LogP contribution in [-0.2, 0) is 17.1 Å². The molecule has 0 amide bonds. The van der Waals surface area contributed by atoms with E-state index in [-0.39, 0.29) is 6.04 Å². The largest absolute Gasteiger partial charge is 0.342 e. The van der Waals surface area contributed by atoms with Crippen LogP contribution < -0.4 is 4.72 Å². The summed E-state index contributed by atoms with van der Waals surface area (Å²) in [6.45, 7) is 5.17. The molecule has 0 unspecified atom stereocenters. The number of fused-ring (bicyclic) bond motifs is 1. The van der Waals surface area contributed by atoms with E-state index in [4.69, 9.17) is 4.98 Å². The SMILES string of the molecule is Cn1nnc(-c2ccc3[nH]c(C4CCC(NS(=O)(=O)C(C)(C)C)CC4)nc3c2)n1. The predicted molar refractivity (Wildman–Crippen MR) is 111 cm³/mol. The van der Waals surface area contributed by atoms with Gasteiger partial charge in [-0.15, -0.1) is 10.2 Å². The molecular weight excluding hydrogens is 390 g/mol. The maximum absolute atomic E-state index is 12.4. The Morgan fingerprint density at radius 1 is 1.17 bits per heavy atom. The van der Waals surface area contributed by atoms with E-state index >= 15 is 0 Å². The molecule has 0 saturated heterocycles. The number of H-pyrrole nitrogens is 1. The van der Waals surface area contributed by atoms with Crippen molar-refractivity contribution >= 4 is 21.1 Å². The van der Waals surface area contributed by atoms with Crippen molar-refractivity contribution in [3.63, 3.8) is 0 Å². The molecule has 4 rings (SSSR count). The van der Waals surface area contributed by atoms with Crippen LogP contribution in [0.3, 0.4) is 0 Å². The maximum Gasteiger partial charge on any atom is 0.216 e. The summed E-state index contributed by atoms with van der Waals surface area (Å²) in [6, 6.07) is 5.91. The second-order valence-corrected chi connectivity index (χ2v) is 11.2. The molecule has 0 radical (unpaired) electrons. The molecule has 3 aromatic rings. The second-order valence-electron chi connectivity index (χ2n) is 8.74. The zero-order chi connectivity index (χ0) is 20.8. The van der Waals surface area contributed by atoms with E-state index < -0.39 is 14.8 Å². The molecule has 1 aliphatic carbocycles. The molecule has 0 spiro atoms. The fraction of sp³-hybridized carbons (Fsp3) is 0.579. The third-order valence-corrected chi connectivity index (χ3v) is 7.77. The van der Waals surface area contributed by atoms with Gasteiger partial charge in [-0.3, -0.25) is 0 Å². The average molecular weight is 418 g/mol. The van der Waals surface area contributed by atoms with Crippen molar-refractivity contribution in [3.05, 3.63) is 24.0 Å². The first-order valence-electron chi connectivity index (χ1n) is 9.88. The van der Waals surface area contributed by atoms with Crippen LogP contribution in [0.15, 0.2) is 18.2 Å². The summed E-state index contributed by atoms with van der Waals surface area (Å²) < 4.78 is 26.9. The van der Waals surface area contributed by atoms with Crippen molar-refractivity contribution in [1.82, 2.24) is 34.9 Å². The van der Waals surface area contributed by atoms with E-state index in [1.165, 1.54) is 4.80 Å². The minimum Gasteiger partial charge on any atom is -0.342 e. The Balaban J connectivity index is 1.46. The lowest BCUT2D eigenvalue weighted by Gasteiger charge is -2.30. The van der Waals surface area contributed by atoms with Gasteiger partial charge in [-0.05, 0) is 69.9 Å². The molecular formula is C19H27N7O2S. The Labute approximate surface area is 170 Å². The third kappa shape index (κ3) is 4.04. The van der Waals surface area contributed by atoms with Gasteiger partial charge < -0.3 is 4.98 Å². The minimum absolute atomic E-state index is 0.00538. The highest BCUT2D eigenvalue weighted by Crippen LogP contribution is 2.33. The van der Waals surface area contributed by atoms with Gasteiger partial charge >= 0.3 is 0 Å². The molecule has 2 heterocycles. The summed E-state index contributed by atoms with van der Waals surface area (Å²) in [5.41, 5.74) is 2.73. The van der Waals surface area contributed by atoms with Gasteiger partial charge in [0.1, 0.15) is 5.82 Å². The van der Waals surface area contributed by atoms with Crippen LogP contribution in [0.2, 0.25) is 0 Å². The number of tetrazole rings is 1. The summed E-state index contributed by atoms with van der Waals surface area (Å²) in [4.78, 5) is 9.65. The molecule has 0 atom stereocenters. The number of hydrogen-bond acceptors (Lipinski definition) is 6. The minimum atomic E-state index is -3.32.